The number of nitrogens with zero attached hydrogens (tertiary/aromatic N) is 1. The first-order valence-corrected chi connectivity index (χ1v) is 7.19. The SMILES string of the molecule is Cc1cc(Cl)c2nc3c(c(Cl)c2c1)CCCCC3. The minimum atomic E-state index is 0.707. The molecule has 0 bridgehead atoms. The van der Waals surface area contributed by atoms with Crippen molar-refractivity contribution in [3.8, 4) is 0 Å². The zero-order valence-electron chi connectivity index (χ0n) is 10.4. The molecule has 0 atom stereocenters. The lowest BCUT2D eigenvalue weighted by Crippen LogP contribution is -1.99. The first-order chi connectivity index (χ1) is 8.66. The topological polar surface area (TPSA) is 12.9 Å². The average Bonchev–Trinajstić information content (AvgIpc) is 2.56. The van der Waals surface area contributed by atoms with E-state index in [-0.39, 0.29) is 0 Å². The zero-order valence-corrected chi connectivity index (χ0v) is 11.9. The molecule has 1 nitrogen and oxygen atoms in total. The molecule has 1 aliphatic rings. The molecule has 1 aliphatic carbocycles. The summed E-state index contributed by atoms with van der Waals surface area (Å²) in [6.07, 6.45) is 5.73. The van der Waals surface area contributed by atoms with Crippen LogP contribution in [0.1, 0.15) is 36.1 Å². The molecule has 0 unspecified atom stereocenters. The van der Waals surface area contributed by atoms with Crippen molar-refractivity contribution in [3.63, 3.8) is 0 Å². The number of aryl methyl sites for hydroxylation is 2. The Hall–Kier alpha value is -0.790. The van der Waals surface area contributed by atoms with Gasteiger partial charge in [-0.2, -0.15) is 0 Å². The summed E-state index contributed by atoms with van der Waals surface area (Å²) < 4.78 is 0. The molecule has 0 radical (unpaired) electrons. The van der Waals surface area contributed by atoms with Gasteiger partial charge in [0.25, 0.3) is 0 Å². The summed E-state index contributed by atoms with van der Waals surface area (Å²) in [5.41, 5.74) is 4.37. The average molecular weight is 280 g/mol. The Morgan fingerprint density at radius 2 is 1.83 bits per heavy atom. The molecule has 0 fully saturated rings. The summed E-state index contributed by atoms with van der Waals surface area (Å²) in [5.74, 6) is 0. The van der Waals surface area contributed by atoms with Crippen LogP contribution in [0.15, 0.2) is 12.1 Å². The van der Waals surface area contributed by atoms with Gasteiger partial charge in [0.2, 0.25) is 0 Å². The predicted molar refractivity (Wildman–Crippen MR) is 77.8 cm³/mol. The molecule has 0 N–H and O–H groups in total. The molecule has 3 rings (SSSR count). The van der Waals surface area contributed by atoms with Gasteiger partial charge >= 0.3 is 0 Å². The van der Waals surface area contributed by atoms with Crippen molar-refractivity contribution in [3.05, 3.63) is 39.0 Å². The molecular formula is C15H15Cl2N. The highest BCUT2D eigenvalue weighted by Crippen LogP contribution is 2.35. The smallest absolute Gasteiger partial charge is 0.0906 e. The highest BCUT2D eigenvalue weighted by Gasteiger charge is 2.17. The number of hydrogen-bond acceptors (Lipinski definition) is 1. The van der Waals surface area contributed by atoms with Gasteiger partial charge in [-0.05, 0) is 55.9 Å². The predicted octanol–water partition coefficient (Wildman–Crippen LogP) is 5.12. The van der Waals surface area contributed by atoms with Crippen molar-refractivity contribution < 1.29 is 0 Å². The van der Waals surface area contributed by atoms with Gasteiger partial charge in [0, 0.05) is 11.1 Å². The van der Waals surface area contributed by atoms with Gasteiger partial charge in [0.1, 0.15) is 0 Å². The normalized spacial score (nSPS) is 15.5. The Bertz CT molecular complexity index is 620. The van der Waals surface area contributed by atoms with Crippen molar-refractivity contribution in [1.82, 2.24) is 4.98 Å². The van der Waals surface area contributed by atoms with E-state index >= 15 is 0 Å². The molecule has 3 heteroatoms. The lowest BCUT2D eigenvalue weighted by Gasteiger charge is -2.12. The monoisotopic (exact) mass is 279 g/mol. The van der Waals surface area contributed by atoms with Crippen LogP contribution in [0, 0.1) is 6.92 Å². The Balaban J connectivity index is 2.34. The van der Waals surface area contributed by atoms with Crippen LogP contribution in [0.25, 0.3) is 10.9 Å². The number of rotatable bonds is 0. The second-order valence-electron chi connectivity index (χ2n) is 5.05. The fourth-order valence-electron chi connectivity index (χ4n) is 2.74. The second-order valence-corrected chi connectivity index (χ2v) is 5.84. The zero-order chi connectivity index (χ0) is 12.7. The van der Waals surface area contributed by atoms with Crippen LogP contribution in [0.3, 0.4) is 0 Å². The van der Waals surface area contributed by atoms with Crippen molar-refractivity contribution in [2.75, 3.05) is 0 Å². The van der Waals surface area contributed by atoms with Gasteiger partial charge in [-0.15, -0.1) is 0 Å². The Morgan fingerprint density at radius 3 is 2.67 bits per heavy atom. The third kappa shape index (κ3) is 2.00. The van der Waals surface area contributed by atoms with Crippen LogP contribution in [0.4, 0.5) is 0 Å². The molecule has 0 spiro atoms. The van der Waals surface area contributed by atoms with E-state index in [0.717, 1.165) is 40.0 Å². The number of aromatic nitrogens is 1. The summed E-state index contributed by atoms with van der Waals surface area (Å²) in [4.78, 5) is 4.76. The highest BCUT2D eigenvalue weighted by atomic mass is 35.5. The summed E-state index contributed by atoms with van der Waals surface area (Å²) in [6, 6.07) is 4.04. The van der Waals surface area contributed by atoms with Gasteiger partial charge in [-0.1, -0.05) is 29.6 Å². The maximum atomic E-state index is 6.58. The van der Waals surface area contributed by atoms with Crippen LogP contribution in [0.5, 0.6) is 0 Å². The van der Waals surface area contributed by atoms with E-state index in [4.69, 9.17) is 28.2 Å². The Kier molecular flexibility index (Phi) is 3.21. The van der Waals surface area contributed by atoms with E-state index in [1.165, 1.54) is 24.8 Å². The number of halogens is 2. The molecule has 94 valence electrons. The van der Waals surface area contributed by atoms with E-state index in [2.05, 4.69) is 6.07 Å². The van der Waals surface area contributed by atoms with Gasteiger partial charge in [0.05, 0.1) is 15.6 Å². The molecule has 0 amide bonds. The lowest BCUT2D eigenvalue weighted by atomic mass is 10.0. The van der Waals surface area contributed by atoms with E-state index in [1.807, 2.05) is 13.0 Å². The summed E-state index contributed by atoms with van der Waals surface area (Å²) in [6.45, 7) is 2.04. The van der Waals surface area contributed by atoms with Gasteiger partial charge in [-0.3, -0.25) is 4.98 Å². The minimum absolute atomic E-state index is 0.707. The molecule has 0 saturated carbocycles. The number of pyridine rings is 1. The standard InChI is InChI=1S/C15H15Cl2N/c1-9-7-11-14(17)10-5-3-2-4-6-13(10)18-15(11)12(16)8-9/h7-8H,2-6H2,1H3. The quantitative estimate of drug-likeness (QED) is 0.610. The molecule has 18 heavy (non-hydrogen) atoms. The van der Waals surface area contributed by atoms with Gasteiger partial charge in [-0.25, -0.2) is 0 Å². The maximum Gasteiger partial charge on any atom is 0.0906 e. The van der Waals surface area contributed by atoms with Crippen LogP contribution >= 0.6 is 23.2 Å². The van der Waals surface area contributed by atoms with Crippen molar-refractivity contribution in [2.45, 2.75) is 39.0 Å². The fraction of sp³-hybridized carbons (Fsp3) is 0.400. The Labute approximate surface area is 117 Å². The van der Waals surface area contributed by atoms with Gasteiger partial charge in [0.15, 0.2) is 0 Å². The van der Waals surface area contributed by atoms with Crippen LogP contribution in [-0.4, -0.2) is 4.98 Å². The first kappa shape index (κ1) is 12.3. The summed E-state index contributed by atoms with van der Waals surface area (Å²) in [5, 5.41) is 2.57. The van der Waals surface area contributed by atoms with E-state index in [9.17, 15) is 0 Å². The van der Waals surface area contributed by atoms with E-state index in [1.54, 1.807) is 0 Å². The minimum Gasteiger partial charge on any atom is -0.251 e. The van der Waals surface area contributed by atoms with Crippen molar-refractivity contribution >= 4 is 34.1 Å². The van der Waals surface area contributed by atoms with Crippen molar-refractivity contribution in [1.29, 1.82) is 0 Å². The third-order valence-electron chi connectivity index (χ3n) is 3.64. The Morgan fingerprint density at radius 1 is 1.06 bits per heavy atom. The molecule has 1 aromatic heterocycles. The maximum absolute atomic E-state index is 6.58. The van der Waals surface area contributed by atoms with Crippen LogP contribution in [0.2, 0.25) is 10.0 Å². The summed E-state index contributed by atoms with van der Waals surface area (Å²) >= 11 is 12.9. The molecule has 0 saturated heterocycles. The number of benzene rings is 1. The largest absolute Gasteiger partial charge is 0.251 e. The van der Waals surface area contributed by atoms with Crippen molar-refractivity contribution in [2.24, 2.45) is 0 Å². The third-order valence-corrected chi connectivity index (χ3v) is 4.36. The number of fused-ring (bicyclic) bond motifs is 2. The van der Waals surface area contributed by atoms with E-state index in [0.29, 0.717) is 5.02 Å². The highest BCUT2D eigenvalue weighted by molar-refractivity contribution is 6.39. The summed E-state index contributed by atoms with van der Waals surface area (Å²) in [7, 11) is 0. The molecule has 2 aromatic rings. The van der Waals surface area contributed by atoms with Crippen LogP contribution < -0.4 is 0 Å². The first-order valence-electron chi connectivity index (χ1n) is 6.44. The van der Waals surface area contributed by atoms with Gasteiger partial charge < -0.3 is 0 Å². The molecule has 0 aliphatic heterocycles. The number of hydrogen-bond donors (Lipinski definition) is 0. The molecule has 1 heterocycles. The lowest BCUT2D eigenvalue weighted by molar-refractivity contribution is 0.709. The fourth-order valence-corrected chi connectivity index (χ4v) is 3.40. The second kappa shape index (κ2) is 4.71. The molecule has 1 aromatic carbocycles. The van der Waals surface area contributed by atoms with E-state index < -0.39 is 0 Å². The molecular weight excluding hydrogens is 265 g/mol. The van der Waals surface area contributed by atoms with Crippen LogP contribution in [-0.2, 0) is 12.8 Å².